The van der Waals surface area contributed by atoms with Crippen LogP contribution in [-0.4, -0.2) is 39.7 Å². The Labute approximate surface area is 110 Å². The van der Waals surface area contributed by atoms with Gasteiger partial charge >= 0.3 is 4.87 Å². The molecule has 2 heterocycles. The zero-order valence-corrected chi connectivity index (χ0v) is 11.5. The molecule has 0 spiro atoms. The van der Waals surface area contributed by atoms with E-state index in [1.807, 2.05) is 13.8 Å². The molecule has 100 valence electrons. The van der Waals surface area contributed by atoms with Gasteiger partial charge in [0.05, 0.1) is 6.10 Å². The van der Waals surface area contributed by atoms with Crippen molar-refractivity contribution < 1.29 is 9.90 Å². The molecule has 6 heteroatoms. The molecule has 1 atom stereocenters. The van der Waals surface area contributed by atoms with E-state index in [4.69, 9.17) is 0 Å². The standard InChI is InChI=1S/C12H18N2O3S/c1-8-9(2)18-12(17)14(8)7-11(16)13-5-3-4-10(15)6-13/h10,15H,3-7H2,1-2H3. The summed E-state index contributed by atoms with van der Waals surface area (Å²) in [5.41, 5.74) is 0.857. The Morgan fingerprint density at radius 1 is 1.50 bits per heavy atom. The Morgan fingerprint density at radius 3 is 2.78 bits per heavy atom. The van der Waals surface area contributed by atoms with Gasteiger partial charge in [-0.25, -0.2) is 0 Å². The highest BCUT2D eigenvalue weighted by atomic mass is 32.1. The molecule has 1 saturated heterocycles. The van der Waals surface area contributed by atoms with Crippen molar-refractivity contribution in [1.29, 1.82) is 0 Å². The van der Waals surface area contributed by atoms with E-state index in [0.29, 0.717) is 13.1 Å². The van der Waals surface area contributed by atoms with Crippen LogP contribution in [0.4, 0.5) is 0 Å². The summed E-state index contributed by atoms with van der Waals surface area (Å²) in [5, 5.41) is 9.55. The van der Waals surface area contributed by atoms with Crippen molar-refractivity contribution in [2.45, 2.75) is 39.3 Å². The number of aliphatic hydroxyl groups excluding tert-OH is 1. The van der Waals surface area contributed by atoms with Gasteiger partial charge in [-0.1, -0.05) is 11.3 Å². The number of rotatable bonds is 2. The van der Waals surface area contributed by atoms with Crippen LogP contribution >= 0.6 is 11.3 Å². The minimum atomic E-state index is -0.426. The van der Waals surface area contributed by atoms with Crippen molar-refractivity contribution in [2.75, 3.05) is 13.1 Å². The lowest BCUT2D eigenvalue weighted by atomic mass is 10.1. The second-order valence-corrected chi connectivity index (χ2v) is 5.90. The van der Waals surface area contributed by atoms with Gasteiger partial charge in [0.15, 0.2) is 0 Å². The third kappa shape index (κ3) is 2.64. The number of hydrogen-bond donors (Lipinski definition) is 1. The van der Waals surface area contributed by atoms with Crippen LogP contribution in [0.2, 0.25) is 0 Å². The summed E-state index contributed by atoms with van der Waals surface area (Å²) < 4.78 is 1.52. The van der Waals surface area contributed by atoms with Crippen molar-refractivity contribution in [3.63, 3.8) is 0 Å². The third-order valence-electron chi connectivity index (χ3n) is 3.42. The van der Waals surface area contributed by atoms with Gasteiger partial charge in [0.1, 0.15) is 6.54 Å². The van der Waals surface area contributed by atoms with Crippen LogP contribution in [0.1, 0.15) is 23.4 Å². The maximum Gasteiger partial charge on any atom is 0.308 e. The molecule has 0 aromatic carbocycles. The van der Waals surface area contributed by atoms with Crippen molar-refractivity contribution in [1.82, 2.24) is 9.47 Å². The monoisotopic (exact) mass is 270 g/mol. The number of amides is 1. The normalized spacial score (nSPS) is 20.2. The van der Waals surface area contributed by atoms with E-state index in [1.165, 1.54) is 15.9 Å². The highest BCUT2D eigenvalue weighted by Gasteiger charge is 2.23. The molecule has 1 unspecified atom stereocenters. The second-order valence-electron chi connectivity index (χ2n) is 4.73. The van der Waals surface area contributed by atoms with Gasteiger partial charge in [0.25, 0.3) is 0 Å². The molecule has 1 fully saturated rings. The number of nitrogens with zero attached hydrogens (tertiary/aromatic N) is 2. The molecule has 1 aromatic rings. The first kappa shape index (κ1) is 13.3. The van der Waals surface area contributed by atoms with E-state index in [-0.39, 0.29) is 17.3 Å². The molecule has 0 saturated carbocycles. The Kier molecular flexibility index (Phi) is 3.87. The number of thiazole rings is 1. The lowest BCUT2D eigenvalue weighted by molar-refractivity contribution is -0.134. The van der Waals surface area contributed by atoms with Crippen LogP contribution in [0, 0.1) is 13.8 Å². The fourth-order valence-electron chi connectivity index (χ4n) is 2.19. The Morgan fingerprint density at radius 2 is 2.22 bits per heavy atom. The Bertz CT molecular complexity index is 506. The number of carbonyl (C=O) groups excluding carboxylic acids is 1. The number of aromatic nitrogens is 1. The molecule has 1 aliphatic rings. The molecule has 1 aliphatic heterocycles. The largest absolute Gasteiger partial charge is 0.391 e. The van der Waals surface area contributed by atoms with Crippen LogP contribution < -0.4 is 4.87 Å². The van der Waals surface area contributed by atoms with E-state index < -0.39 is 6.10 Å². The topological polar surface area (TPSA) is 62.5 Å². The summed E-state index contributed by atoms with van der Waals surface area (Å²) >= 11 is 1.17. The maximum absolute atomic E-state index is 12.1. The first-order valence-electron chi connectivity index (χ1n) is 6.11. The van der Waals surface area contributed by atoms with Crippen LogP contribution in [0.25, 0.3) is 0 Å². The van der Waals surface area contributed by atoms with Gasteiger partial charge in [0, 0.05) is 23.7 Å². The third-order valence-corrected chi connectivity index (χ3v) is 4.41. The Balaban J connectivity index is 2.09. The predicted octanol–water partition coefficient (Wildman–Crippen LogP) is 0.510. The van der Waals surface area contributed by atoms with Crippen LogP contribution in [-0.2, 0) is 11.3 Å². The molecular formula is C12H18N2O3S. The molecular weight excluding hydrogens is 252 g/mol. The van der Waals surface area contributed by atoms with Gasteiger partial charge < -0.3 is 10.0 Å². The number of aliphatic hydroxyl groups is 1. The zero-order valence-electron chi connectivity index (χ0n) is 10.7. The summed E-state index contributed by atoms with van der Waals surface area (Å²) in [4.78, 5) is 26.3. The molecule has 5 nitrogen and oxygen atoms in total. The van der Waals surface area contributed by atoms with Crippen LogP contribution in [0.5, 0.6) is 0 Å². The molecule has 0 radical (unpaired) electrons. The minimum Gasteiger partial charge on any atom is -0.391 e. The highest BCUT2D eigenvalue weighted by molar-refractivity contribution is 7.09. The van der Waals surface area contributed by atoms with Crippen molar-refractivity contribution in [3.05, 3.63) is 20.2 Å². The minimum absolute atomic E-state index is 0.0850. The highest BCUT2D eigenvalue weighted by Crippen LogP contribution is 2.13. The van der Waals surface area contributed by atoms with Gasteiger partial charge in [0.2, 0.25) is 5.91 Å². The average molecular weight is 270 g/mol. The van der Waals surface area contributed by atoms with Gasteiger partial charge in [-0.3, -0.25) is 14.2 Å². The summed E-state index contributed by atoms with van der Waals surface area (Å²) in [6.45, 7) is 4.88. The first-order chi connectivity index (χ1) is 8.49. The molecule has 1 N–H and O–H groups in total. The molecule has 0 bridgehead atoms. The molecule has 1 amide bonds. The fourth-order valence-corrected chi connectivity index (χ4v) is 3.02. The van der Waals surface area contributed by atoms with E-state index in [0.717, 1.165) is 23.4 Å². The Hall–Kier alpha value is -1.14. The quantitative estimate of drug-likeness (QED) is 0.851. The summed E-state index contributed by atoms with van der Waals surface area (Å²) in [7, 11) is 0. The van der Waals surface area contributed by atoms with E-state index in [9.17, 15) is 14.7 Å². The molecule has 2 rings (SSSR count). The molecule has 18 heavy (non-hydrogen) atoms. The number of carbonyl (C=O) groups is 1. The van der Waals surface area contributed by atoms with Crippen molar-refractivity contribution in [2.24, 2.45) is 0 Å². The SMILES string of the molecule is Cc1sc(=O)n(CC(=O)N2CCCC(O)C2)c1C. The smallest absolute Gasteiger partial charge is 0.308 e. The van der Waals surface area contributed by atoms with Gasteiger partial charge in [-0.2, -0.15) is 0 Å². The summed E-state index contributed by atoms with van der Waals surface area (Å²) in [6, 6.07) is 0. The number of piperidine rings is 1. The first-order valence-corrected chi connectivity index (χ1v) is 6.93. The second kappa shape index (κ2) is 5.24. The number of hydrogen-bond acceptors (Lipinski definition) is 4. The van der Waals surface area contributed by atoms with Gasteiger partial charge in [-0.05, 0) is 26.7 Å². The fraction of sp³-hybridized carbons (Fsp3) is 0.667. The lowest BCUT2D eigenvalue weighted by Gasteiger charge is -2.30. The lowest BCUT2D eigenvalue weighted by Crippen LogP contribution is -2.44. The van der Waals surface area contributed by atoms with E-state index >= 15 is 0 Å². The molecule has 1 aromatic heterocycles. The number of β-amino-alcohol motifs (C(OH)–C–C–N with tert-alkyl or cyclic N) is 1. The van der Waals surface area contributed by atoms with Crippen LogP contribution in [0.15, 0.2) is 4.79 Å². The predicted molar refractivity (Wildman–Crippen MR) is 69.9 cm³/mol. The van der Waals surface area contributed by atoms with E-state index in [2.05, 4.69) is 0 Å². The molecule has 0 aliphatic carbocycles. The van der Waals surface area contributed by atoms with Crippen molar-refractivity contribution >= 4 is 17.2 Å². The summed E-state index contributed by atoms with van der Waals surface area (Å²) in [6.07, 6.45) is 1.15. The number of aryl methyl sites for hydroxylation is 1. The number of likely N-dealkylation sites (tertiary alicyclic amines) is 1. The van der Waals surface area contributed by atoms with Crippen molar-refractivity contribution in [3.8, 4) is 0 Å². The van der Waals surface area contributed by atoms with E-state index in [1.54, 1.807) is 4.90 Å². The summed E-state index contributed by atoms with van der Waals surface area (Å²) in [5.74, 6) is -0.0863. The van der Waals surface area contributed by atoms with Crippen LogP contribution in [0.3, 0.4) is 0 Å². The van der Waals surface area contributed by atoms with Gasteiger partial charge in [-0.15, -0.1) is 0 Å². The zero-order chi connectivity index (χ0) is 13.3. The average Bonchev–Trinajstić information content (AvgIpc) is 2.56. The maximum atomic E-state index is 12.1.